The van der Waals surface area contributed by atoms with E-state index in [-0.39, 0.29) is 39.3 Å². The molecule has 2 heterocycles. The fourth-order valence-corrected chi connectivity index (χ4v) is 9.27. The molecule has 392 valence electrons. The SMILES string of the molecule is COC(=O)[C@H]1O[C@@H](Oc2ccc(F)cc2COC(=O)N[C@H]2C[C@H](O[C@H]3C[C@](O)(C(=O)CO)Cc4c(O)c5c(c(O)c43)C(=O)c3c(OC)cccc3C5=O)O[C@@H](C)[C@H]2O)[C@H](OC(C)=O)[C@@H](OC(C)=O)[C@@H]1OC(C)=O. The number of esters is 4. The molecule has 3 aromatic carbocycles. The van der Waals surface area contributed by atoms with Crippen molar-refractivity contribution in [3.63, 3.8) is 0 Å². The lowest BCUT2D eigenvalue weighted by atomic mass is 9.72. The topological polar surface area (TPSA) is 342 Å². The maximum absolute atomic E-state index is 14.8. The minimum atomic E-state index is -2.47. The van der Waals surface area contributed by atoms with Gasteiger partial charge in [-0.25, -0.2) is 14.0 Å². The lowest BCUT2D eigenvalue weighted by molar-refractivity contribution is -0.282. The van der Waals surface area contributed by atoms with E-state index >= 15 is 0 Å². The van der Waals surface area contributed by atoms with Crippen LogP contribution in [-0.4, -0.2) is 155 Å². The Morgan fingerprint density at radius 1 is 0.849 bits per heavy atom. The van der Waals surface area contributed by atoms with Crippen LogP contribution in [0.15, 0.2) is 36.4 Å². The van der Waals surface area contributed by atoms with Crippen LogP contribution in [0, 0.1) is 5.82 Å². The third kappa shape index (κ3) is 10.6. The van der Waals surface area contributed by atoms with Gasteiger partial charge in [-0.3, -0.25) is 28.8 Å². The smallest absolute Gasteiger partial charge is 0.407 e. The molecular formula is C48H50FNO23. The Kier molecular flexibility index (Phi) is 15.7. The Balaban J connectivity index is 1.12. The summed E-state index contributed by atoms with van der Waals surface area (Å²) in [5.74, 6) is -9.77. The minimum Gasteiger partial charge on any atom is -0.507 e. The van der Waals surface area contributed by atoms with Crippen molar-refractivity contribution < 1.29 is 116 Å². The van der Waals surface area contributed by atoms with Gasteiger partial charge in [-0.1, -0.05) is 12.1 Å². The van der Waals surface area contributed by atoms with Gasteiger partial charge in [0, 0.05) is 62.3 Å². The van der Waals surface area contributed by atoms with Crippen LogP contribution in [0.3, 0.4) is 0 Å². The Morgan fingerprint density at radius 3 is 2.15 bits per heavy atom. The molecule has 1 amide bonds. The van der Waals surface area contributed by atoms with E-state index in [2.05, 4.69) is 5.32 Å². The van der Waals surface area contributed by atoms with Gasteiger partial charge in [0.25, 0.3) is 0 Å². The van der Waals surface area contributed by atoms with Crippen molar-refractivity contribution in [1.29, 1.82) is 0 Å². The number of ketones is 3. The second-order valence-electron chi connectivity index (χ2n) is 17.4. The molecule has 0 saturated carbocycles. The number of phenols is 2. The van der Waals surface area contributed by atoms with Gasteiger partial charge in [0.2, 0.25) is 18.2 Å². The van der Waals surface area contributed by atoms with Crippen molar-refractivity contribution in [3.8, 4) is 23.0 Å². The molecule has 7 rings (SSSR count). The number of carbonyl (C=O) groups is 8. The van der Waals surface area contributed by atoms with Crippen LogP contribution < -0.4 is 14.8 Å². The van der Waals surface area contributed by atoms with Crippen LogP contribution >= 0.6 is 0 Å². The van der Waals surface area contributed by atoms with Crippen LogP contribution in [0.5, 0.6) is 23.0 Å². The summed E-state index contributed by atoms with van der Waals surface area (Å²) >= 11 is 0. The van der Waals surface area contributed by atoms with Crippen molar-refractivity contribution in [3.05, 3.63) is 81.2 Å². The summed E-state index contributed by atoms with van der Waals surface area (Å²) < 4.78 is 70.2. The first kappa shape index (κ1) is 53.5. The lowest BCUT2D eigenvalue weighted by Crippen LogP contribution is -2.64. The fraction of sp³-hybridized carbons (Fsp3) is 0.458. The standard InChI is InChI=1S/C48H50FNO23/c1-18-36(56)26(50-47(62)66-17-22-12-23(49)10-11-27(22)72-46-44(70-21(4)54)42(69-20(3)53)41(68-19(2)52)43(73-46)45(61)65-6)13-31(67-18)71-29-15-48(63,30(55)16-51)14-25-33(29)40(60)35-34(38(25)58)37(57)24-8-7-9-28(64-5)32(24)39(35)59/h7-12,18,26,29,31,36,41-44,46,51,56,58,60,63H,13-17H2,1-6H3,(H,50,62)/t18-,26-,29-,31-,36+,41-,42-,43-,44+,46+,48-/m0/s1. The zero-order valence-corrected chi connectivity index (χ0v) is 39.7. The summed E-state index contributed by atoms with van der Waals surface area (Å²) in [4.78, 5) is 104. The molecule has 73 heavy (non-hydrogen) atoms. The molecule has 11 atom stereocenters. The first-order valence-electron chi connectivity index (χ1n) is 22.4. The highest BCUT2D eigenvalue weighted by atomic mass is 19.1. The lowest BCUT2D eigenvalue weighted by Gasteiger charge is -2.43. The second kappa shape index (κ2) is 21.4. The van der Waals surface area contributed by atoms with Crippen LogP contribution in [0.25, 0.3) is 0 Å². The predicted molar refractivity (Wildman–Crippen MR) is 235 cm³/mol. The van der Waals surface area contributed by atoms with Gasteiger partial charge >= 0.3 is 30.0 Å². The molecule has 0 unspecified atom stereocenters. The number of fused-ring (bicyclic) bond motifs is 3. The largest absolute Gasteiger partial charge is 0.507 e. The third-order valence-electron chi connectivity index (χ3n) is 12.5. The van der Waals surface area contributed by atoms with Crippen LogP contribution in [0.1, 0.15) is 95.2 Å². The van der Waals surface area contributed by atoms with E-state index in [1.165, 1.54) is 32.2 Å². The van der Waals surface area contributed by atoms with E-state index in [0.29, 0.717) is 0 Å². The van der Waals surface area contributed by atoms with Gasteiger partial charge in [-0.2, -0.15) is 0 Å². The van der Waals surface area contributed by atoms with Crippen molar-refractivity contribution in [2.45, 2.75) is 121 Å². The minimum absolute atomic E-state index is 0.00938. The maximum Gasteiger partial charge on any atom is 0.407 e. The van der Waals surface area contributed by atoms with E-state index in [4.69, 9.17) is 47.4 Å². The summed E-state index contributed by atoms with van der Waals surface area (Å²) in [5, 5.41) is 58.7. The first-order chi connectivity index (χ1) is 34.5. The Morgan fingerprint density at radius 2 is 1.51 bits per heavy atom. The first-order valence-corrected chi connectivity index (χ1v) is 22.4. The number of amides is 1. The number of aliphatic hydroxyl groups excluding tert-OH is 2. The predicted octanol–water partition coefficient (Wildman–Crippen LogP) is 1.18. The van der Waals surface area contributed by atoms with Crippen LogP contribution in [0.2, 0.25) is 0 Å². The number of phenolic OH excluding ortho intramolecular Hbond substituents is 2. The molecule has 25 heteroatoms. The molecule has 0 spiro atoms. The van der Waals surface area contributed by atoms with Crippen LogP contribution in [0.4, 0.5) is 9.18 Å². The molecule has 0 radical (unpaired) electrons. The number of rotatable bonds is 14. The van der Waals surface area contributed by atoms with Crippen molar-refractivity contribution in [2.75, 3.05) is 20.8 Å². The highest BCUT2D eigenvalue weighted by Crippen LogP contribution is 2.52. The molecule has 4 aliphatic rings. The average molecular weight is 1030 g/mol. The highest BCUT2D eigenvalue weighted by Gasteiger charge is 2.56. The highest BCUT2D eigenvalue weighted by molar-refractivity contribution is 6.31. The molecule has 0 aromatic heterocycles. The number of nitrogens with one attached hydrogen (secondary N) is 1. The van der Waals surface area contributed by atoms with Gasteiger partial charge in [-0.05, 0) is 31.2 Å². The number of alkyl carbamates (subject to hydrolysis) is 1. The molecule has 24 nitrogen and oxygen atoms in total. The number of methoxy groups -OCH3 is 2. The number of halogens is 1. The molecule has 2 saturated heterocycles. The Bertz CT molecular complexity index is 2740. The maximum atomic E-state index is 14.8. The van der Waals surface area contributed by atoms with E-state index in [0.717, 1.165) is 46.1 Å². The summed E-state index contributed by atoms with van der Waals surface area (Å²) in [6.07, 6.45) is -17.7. The van der Waals surface area contributed by atoms with Crippen LogP contribution in [-0.2, 0) is 74.9 Å². The van der Waals surface area contributed by atoms with Gasteiger partial charge in [0.05, 0.1) is 49.2 Å². The summed E-state index contributed by atoms with van der Waals surface area (Å²) in [7, 11) is 2.24. The van der Waals surface area contributed by atoms with Gasteiger partial charge in [0.1, 0.15) is 53.7 Å². The number of hydrogen-bond donors (Lipinski definition) is 6. The van der Waals surface area contributed by atoms with Gasteiger partial charge < -0.3 is 78.2 Å². The molecule has 2 aliphatic heterocycles. The van der Waals surface area contributed by atoms with E-state index in [9.17, 15) is 68.3 Å². The molecule has 0 bridgehead atoms. The average Bonchev–Trinajstić information content (AvgIpc) is 3.33. The number of benzene rings is 3. The zero-order chi connectivity index (χ0) is 53.4. The molecule has 2 fully saturated rings. The molecular weight excluding hydrogens is 978 g/mol. The van der Waals surface area contributed by atoms with Crippen molar-refractivity contribution in [1.82, 2.24) is 5.32 Å². The number of Topliss-reactive ketones (excluding diaryl/α,β-unsaturated/α-hetero) is 1. The molecule has 2 aliphatic carbocycles. The summed E-state index contributed by atoms with van der Waals surface area (Å²) in [5.41, 5.74) is -4.94. The number of carbonyl (C=O) groups excluding carboxylic acids is 8. The van der Waals surface area contributed by atoms with E-state index in [1.54, 1.807) is 0 Å². The van der Waals surface area contributed by atoms with Crippen molar-refractivity contribution in [2.24, 2.45) is 0 Å². The van der Waals surface area contributed by atoms with Gasteiger partial charge in [-0.15, -0.1) is 0 Å². The molecule has 3 aromatic rings. The van der Waals surface area contributed by atoms with E-state index < -0.39 is 175 Å². The quantitative estimate of drug-likeness (QED) is 0.0587. The van der Waals surface area contributed by atoms with E-state index in [1.807, 2.05) is 0 Å². The number of aliphatic hydroxyl groups is 3. The summed E-state index contributed by atoms with van der Waals surface area (Å²) in [6, 6.07) is 5.76. The fourth-order valence-electron chi connectivity index (χ4n) is 9.27. The normalized spacial score (nSPS) is 27.2. The Hall–Kier alpha value is -7.29. The summed E-state index contributed by atoms with van der Waals surface area (Å²) in [6.45, 7) is 2.40. The number of aromatic hydroxyl groups is 2. The molecule has 6 N–H and O–H groups in total. The monoisotopic (exact) mass is 1030 g/mol. The second-order valence-corrected chi connectivity index (χ2v) is 17.4. The van der Waals surface area contributed by atoms with Crippen molar-refractivity contribution >= 4 is 47.3 Å². The zero-order valence-electron chi connectivity index (χ0n) is 39.7. The van der Waals surface area contributed by atoms with Gasteiger partial charge in [0.15, 0.2) is 36.2 Å². The number of hydrogen-bond acceptors (Lipinski definition) is 23. The Labute approximate surface area is 413 Å². The number of ether oxygens (including phenoxy) is 10. The third-order valence-corrected chi connectivity index (χ3v) is 12.5.